The topological polar surface area (TPSA) is 59.8 Å². The van der Waals surface area contributed by atoms with Crippen LogP contribution in [-0.4, -0.2) is 20.7 Å². The number of rotatable bonds is 4. The molecule has 1 amide bonds. The summed E-state index contributed by atoms with van der Waals surface area (Å²) in [5.41, 5.74) is 0.582. The summed E-state index contributed by atoms with van der Waals surface area (Å²) in [5, 5.41) is 7.17. The maximum absolute atomic E-state index is 13.0. The Morgan fingerprint density at radius 1 is 1.30 bits per heavy atom. The molecule has 27 heavy (non-hydrogen) atoms. The van der Waals surface area contributed by atoms with E-state index >= 15 is 0 Å². The Hall–Kier alpha value is -2.42. The molecule has 4 rings (SSSR count). The van der Waals surface area contributed by atoms with Crippen molar-refractivity contribution in [2.75, 3.05) is 5.32 Å². The van der Waals surface area contributed by atoms with Crippen molar-refractivity contribution in [2.45, 2.75) is 31.5 Å². The first-order valence-corrected chi connectivity index (χ1v) is 9.10. The van der Waals surface area contributed by atoms with Crippen LogP contribution in [0.5, 0.6) is 0 Å². The van der Waals surface area contributed by atoms with Gasteiger partial charge in [0.25, 0.3) is 0 Å². The van der Waals surface area contributed by atoms with Crippen molar-refractivity contribution in [3.63, 3.8) is 0 Å². The van der Waals surface area contributed by atoms with Crippen LogP contribution in [0.25, 0.3) is 10.9 Å². The molecule has 2 heterocycles. The Balaban J connectivity index is 1.59. The Kier molecular flexibility index (Phi) is 4.41. The molecule has 3 aromatic rings. The van der Waals surface area contributed by atoms with Crippen LogP contribution in [0, 0.1) is 0 Å². The summed E-state index contributed by atoms with van der Waals surface area (Å²) >= 11 is 3.43. The highest BCUT2D eigenvalue weighted by Crippen LogP contribution is 2.42. The van der Waals surface area contributed by atoms with Gasteiger partial charge < -0.3 is 5.32 Å². The third-order valence-electron chi connectivity index (χ3n) is 4.38. The number of anilines is 1. The minimum Gasteiger partial charge on any atom is -0.323 e. The van der Waals surface area contributed by atoms with Gasteiger partial charge in [-0.25, -0.2) is 0 Å². The second-order valence-corrected chi connectivity index (χ2v) is 7.28. The van der Waals surface area contributed by atoms with Crippen LogP contribution >= 0.6 is 15.9 Å². The summed E-state index contributed by atoms with van der Waals surface area (Å²) in [7, 11) is 0. The van der Waals surface area contributed by atoms with Gasteiger partial charge in [0.1, 0.15) is 6.54 Å². The molecular formula is C18H14BrF3N4O. The third kappa shape index (κ3) is 3.69. The second-order valence-electron chi connectivity index (χ2n) is 6.43. The Morgan fingerprint density at radius 3 is 2.78 bits per heavy atom. The average Bonchev–Trinajstić information content (AvgIpc) is 3.37. The van der Waals surface area contributed by atoms with E-state index in [1.807, 2.05) is 6.07 Å². The van der Waals surface area contributed by atoms with Crippen LogP contribution in [0.15, 0.2) is 41.0 Å². The van der Waals surface area contributed by atoms with Crippen LogP contribution in [0.3, 0.4) is 0 Å². The molecule has 0 spiro atoms. The molecular weight excluding hydrogens is 425 g/mol. The zero-order valence-corrected chi connectivity index (χ0v) is 15.5. The molecule has 0 radical (unpaired) electrons. The molecule has 0 aliphatic heterocycles. The normalized spacial score (nSPS) is 14.5. The fraction of sp³-hybridized carbons (Fsp3) is 0.278. The minimum absolute atomic E-state index is 0.0385. The summed E-state index contributed by atoms with van der Waals surface area (Å²) in [6.45, 7) is -0.285. The molecule has 1 fully saturated rings. The first-order chi connectivity index (χ1) is 12.8. The van der Waals surface area contributed by atoms with E-state index < -0.39 is 17.8 Å². The minimum atomic E-state index is -4.53. The monoisotopic (exact) mass is 438 g/mol. The van der Waals surface area contributed by atoms with Crippen molar-refractivity contribution in [1.29, 1.82) is 0 Å². The lowest BCUT2D eigenvalue weighted by molar-refractivity contribution is -0.141. The highest BCUT2D eigenvalue weighted by Gasteiger charge is 2.38. The number of aromatic nitrogens is 3. The van der Waals surface area contributed by atoms with E-state index in [0.29, 0.717) is 16.9 Å². The van der Waals surface area contributed by atoms with E-state index in [-0.39, 0.29) is 12.5 Å². The van der Waals surface area contributed by atoms with Gasteiger partial charge in [0.2, 0.25) is 5.91 Å². The Bertz CT molecular complexity index is 1030. The molecule has 0 atom stereocenters. The number of fused-ring (bicyclic) bond motifs is 1. The van der Waals surface area contributed by atoms with Crippen LogP contribution in [-0.2, 0) is 17.5 Å². The summed E-state index contributed by atoms with van der Waals surface area (Å²) in [5.74, 6) is -0.417. The lowest BCUT2D eigenvalue weighted by Crippen LogP contribution is -2.21. The van der Waals surface area contributed by atoms with Gasteiger partial charge in [0.15, 0.2) is 5.69 Å². The number of pyridine rings is 1. The van der Waals surface area contributed by atoms with E-state index in [9.17, 15) is 18.0 Å². The van der Waals surface area contributed by atoms with Gasteiger partial charge in [-0.1, -0.05) is 22.0 Å². The van der Waals surface area contributed by atoms with Gasteiger partial charge in [-0.3, -0.25) is 14.5 Å². The number of halogens is 4. The van der Waals surface area contributed by atoms with Crippen molar-refractivity contribution >= 4 is 38.4 Å². The number of carbonyl (C=O) groups is 1. The van der Waals surface area contributed by atoms with E-state index in [1.165, 1.54) is 0 Å². The van der Waals surface area contributed by atoms with E-state index in [1.54, 1.807) is 24.4 Å². The number of amides is 1. The molecule has 5 nitrogen and oxygen atoms in total. The molecule has 0 unspecified atom stereocenters. The molecule has 1 aromatic carbocycles. The van der Waals surface area contributed by atoms with Crippen LogP contribution in [0.4, 0.5) is 18.9 Å². The van der Waals surface area contributed by atoms with Gasteiger partial charge in [0, 0.05) is 27.7 Å². The molecule has 1 aliphatic rings. The number of carbonyl (C=O) groups excluding carboxylic acids is 1. The predicted octanol–water partition coefficient (Wildman–Crippen LogP) is 4.73. The van der Waals surface area contributed by atoms with Crippen molar-refractivity contribution in [1.82, 2.24) is 14.8 Å². The Morgan fingerprint density at radius 2 is 2.07 bits per heavy atom. The van der Waals surface area contributed by atoms with Crippen molar-refractivity contribution in [3.05, 3.63) is 52.4 Å². The first kappa shape index (κ1) is 18.0. The molecule has 1 aliphatic carbocycles. The van der Waals surface area contributed by atoms with Gasteiger partial charge in [0.05, 0.1) is 11.2 Å². The number of nitrogens with one attached hydrogen (secondary N) is 1. The number of hydrogen-bond donors (Lipinski definition) is 1. The number of nitrogens with zero attached hydrogens (tertiary/aromatic N) is 3. The molecule has 0 bridgehead atoms. The van der Waals surface area contributed by atoms with Gasteiger partial charge in [-0.15, -0.1) is 0 Å². The lowest BCUT2D eigenvalue weighted by atomic mass is 10.2. The smallest absolute Gasteiger partial charge is 0.323 e. The second kappa shape index (κ2) is 6.63. The highest BCUT2D eigenvalue weighted by molar-refractivity contribution is 9.10. The summed E-state index contributed by atoms with van der Waals surface area (Å²) in [6, 6.07) is 8.16. The van der Waals surface area contributed by atoms with Gasteiger partial charge >= 0.3 is 6.18 Å². The van der Waals surface area contributed by atoms with Crippen molar-refractivity contribution < 1.29 is 18.0 Å². The van der Waals surface area contributed by atoms with E-state index in [4.69, 9.17) is 0 Å². The molecule has 9 heteroatoms. The zero-order valence-electron chi connectivity index (χ0n) is 13.9. The largest absolute Gasteiger partial charge is 0.435 e. The fourth-order valence-corrected chi connectivity index (χ4v) is 3.42. The SMILES string of the molecule is O=C(Cn1nc(C(F)(F)F)cc1C1CC1)Nc1ccc(Br)c2cccnc12. The lowest BCUT2D eigenvalue weighted by Gasteiger charge is -2.10. The summed E-state index contributed by atoms with van der Waals surface area (Å²) in [4.78, 5) is 16.8. The first-order valence-electron chi connectivity index (χ1n) is 8.31. The molecule has 140 valence electrons. The van der Waals surface area contributed by atoms with E-state index in [2.05, 4.69) is 31.3 Å². The molecule has 1 N–H and O–H groups in total. The molecule has 0 saturated heterocycles. The van der Waals surface area contributed by atoms with Crippen molar-refractivity contribution in [3.8, 4) is 0 Å². The molecule has 1 saturated carbocycles. The third-order valence-corrected chi connectivity index (χ3v) is 5.07. The average molecular weight is 439 g/mol. The predicted molar refractivity (Wildman–Crippen MR) is 97.3 cm³/mol. The fourth-order valence-electron chi connectivity index (χ4n) is 2.97. The zero-order chi connectivity index (χ0) is 19.2. The van der Waals surface area contributed by atoms with Gasteiger partial charge in [-0.05, 0) is 37.1 Å². The summed E-state index contributed by atoms with van der Waals surface area (Å²) in [6.07, 6.45) is -1.30. The number of alkyl halides is 3. The van der Waals surface area contributed by atoms with Crippen LogP contribution in [0.2, 0.25) is 0 Å². The van der Waals surface area contributed by atoms with Crippen LogP contribution < -0.4 is 5.32 Å². The summed E-state index contributed by atoms with van der Waals surface area (Å²) < 4.78 is 40.9. The maximum atomic E-state index is 13.0. The van der Waals surface area contributed by atoms with Crippen LogP contribution in [0.1, 0.15) is 30.1 Å². The quantitative estimate of drug-likeness (QED) is 0.640. The Labute approximate surface area is 160 Å². The maximum Gasteiger partial charge on any atom is 0.435 e. The molecule has 2 aromatic heterocycles. The van der Waals surface area contributed by atoms with E-state index in [0.717, 1.165) is 33.4 Å². The van der Waals surface area contributed by atoms with Gasteiger partial charge in [-0.2, -0.15) is 18.3 Å². The standard InChI is InChI=1S/C18H14BrF3N4O/c19-12-5-6-13(17-11(12)2-1-7-23-17)24-16(27)9-26-14(10-3-4-10)8-15(25-26)18(20,21)22/h1-2,5-8,10H,3-4,9H2,(H,24,27). The highest BCUT2D eigenvalue weighted by atomic mass is 79.9. The van der Waals surface area contributed by atoms with Crippen molar-refractivity contribution in [2.24, 2.45) is 0 Å². The number of hydrogen-bond acceptors (Lipinski definition) is 3. The number of benzene rings is 1.